The van der Waals surface area contributed by atoms with Crippen LogP contribution in [0.4, 0.5) is 0 Å². The Labute approximate surface area is 331 Å². The molecule has 0 aliphatic heterocycles. The van der Waals surface area contributed by atoms with Gasteiger partial charge in [0.15, 0.2) is 6.10 Å². The lowest BCUT2D eigenvalue weighted by molar-refractivity contribution is -0.161. The van der Waals surface area contributed by atoms with Crippen molar-refractivity contribution in [3.05, 3.63) is 72.9 Å². The topological polar surface area (TPSA) is 172 Å². The third-order valence-corrected chi connectivity index (χ3v) is 9.18. The largest absolute Gasteiger partial charge is 0.480 e. The van der Waals surface area contributed by atoms with Crippen LogP contribution in [-0.2, 0) is 37.5 Å². The molecule has 0 amide bonds. The number of unbranched alkanes of at least 4 members (excludes halogenated alkanes) is 11. The Bertz CT molecular complexity index is 1210. The van der Waals surface area contributed by atoms with Crippen LogP contribution in [0.5, 0.6) is 0 Å². The first kappa shape index (κ1) is 51.9. The molecular weight excluding hydrogens is 721 g/mol. The van der Waals surface area contributed by atoms with Crippen LogP contribution >= 0.6 is 7.82 Å². The van der Waals surface area contributed by atoms with E-state index in [1.54, 1.807) is 0 Å². The van der Waals surface area contributed by atoms with Gasteiger partial charge in [0.25, 0.3) is 0 Å². The van der Waals surface area contributed by atoms with Gasteiger partial charge in [-0.15, -0.1) is 0 Å². The van der Waals surface area contributed by atoms with Crippen molar-refractivity contribution in [2.45, 2.75) is 161 Å². The third-order valence-electron chi connectivity index (χ3n) is 8.23. The SMILES string of the molecule is CC/C=C\C/C=C\C/C=C\C/C=C\C/C=C\C/C=C\CCC(=O)O[C@H](COC(=O)CCCCCCCCCCCCCC)COP(=O)(O)OC[C@H](N)C(=O)O. The van der Waals surface area contributed by atoms with E-state index in [1.165, 1.54) is 51.4 Å². The minimum absolute atomic E-state index is 0.0339. The Kier molecular flexibility index (Phi) is 35.7. The number of allylic oxidation sites excluding steroid dienone is 12. The number of aliphatic carboxylic acids is 1. The number of hydrogen-bond acceptors (Lipinski definition) is 9. The van der Waals surface area contributed by atoms with Crippen LogP contribution in [0.2, 0.25) is 0 Å². The molecule has 0 fully saturated rings. The van der Waals surface area contributed by atoms with E-state index in [0.29, 0.717) is 19.3 Å². The monoisotopic (exact) mass is 793 g/mol. The van der Waals surface area contributed by atoms with Gasteiger partial charge in [-0.2, -0.15) is 0 Å². The number of carboxylic acid groups (broad SMARTS) is 1. The summed E-state index contributed by atoms with van der Waals surface area (Å²) in [5, 5.41) is 8.87. The second kappa shape index (κ2) is 37.8. The molecule has 0 aliphatic rings. The number of carbonyl (C=O) groups is 3. The number of carbonyl (C=O) groups excluding carboxylic acids is 2. The van der Waals surface area contributed by atoms with Crippen molar-refractivity contribution in [1.82, 2.24) is 0 Å². The molecule has 11 nitrogen and oxygen atoms in total. The van der Waals surface area contributed by atoms with Gasteiger partial charge in [-0.1, -0.05) is 157 Å². The van der Waals surface area contributed by atoms with E-state index in [2.05, 4.69) is 73.1 Å². The van der Waals surface area contributed by atoms with Crippen molar-refractivity contribution in [3.63, 3.8) is 0 Å². The predicted molar refractivity (Wildman–Crippen MR) is 221 cm³/mol. The first-order valence-electron chi connectivity index (χ1n) is 20.5. The highest BCUT2D eigenvalue weighted by Crippen LogP contribution is 2.43. The van der Waals surface area contributed by atoms with Crippen LogP contribution in [0.3, 0.4) is 0 Å². The smallest absolute Gasteiger partial charge is 0.472 e. The number of phosphoric ester groups is 1. The zero-order valence-electron chi connectivity index (χ0n) is 33.7. The van der Waals surface area contributed by atoms with Crippen LogP contribution in [0.15, 0.2) is 72.9 Å². The highest BCUT2D eigenvalue weighted by molar-refractivity contribution is 7.47. The molecular formula is C43H72NO10P. The number of esters is 2. The highest BCUT2D eigenvalue weighted by atomic mass is 31.2. The second-order valence-corrected chi connectivity index (χ2v) is 14.8. The van der Waals surface area contributed by atoms with Gasteiger partial charge < -0.3 is 25.2 Å². The van der Waals surface area contributed by atoms with Crippen molar-refractivity contribution in [1.29, 1.82) is 0 Å². The molecule has 314 valence electrons. The maximum atomic E-state index is 12.6. The highest BCUT2D eigenvalue weighted by Gasteiger charge is 2.28. The molecule has 55 heavy (non-hydrogen) atoms. The molecule has 12 heteroatoms. The summed E-state index contributed by atoms with van der Waals surface area (Å²) in [6.07, 6.45) is 44.1. The summed E-state index contributed by atoms with van der Waals surface area (Å²) in [6.45, 7) is 2.59. The molecule has 0 spiro atoms. The maximum Gasteiger partial charge on any atom is 0.472 e. The van der Waals surface area contributed by atoms with E-state index in [1.807, 2.05) is 18.2 Å². The van der Waals surface area contributed by atoms with Gasteiger partial charge in [0.1, 0.15) is 12.6 Å². The molecule has 4 N–H and O–H groups in total. The molecule has 0 radical (unpaired) electrons. The maximum absolute atomic E-state index is 12.6. The standard InChI is InChI=1S/C43H72NO10P/c1-3-5-7-9-11-13-15-17-18-19-20-21-22-23-25-27-29-31-33-35-42(46)54-39(37-52-55(49,50)53-38-40(44)43(47)48)36-51-41(45)34-32-30-28-26-24-16-14-12-10-8-6-4-2/h5,7,11,13,17-18,20-21,23,25,29,31,39-40H,3-4,6,8-10,12,14-16,19,22,24,26-28,30,32-38,44H2,1-2H3,(H,47,48)(H,49,50)/b7-5-,13-11-,18-17-,21-20-,25-23-,31-29-/t39-,40+/m1/s1. The lowest BCUT2D eigenvalue weighted by Crippen LogP contribution is -2.34. The molecule has 0 aromatic carbocycles. The van der Waals surface area contributed by atoms with Gasteiger partial charge in [-0.25, -0.2) is 4.57 Å². The van der Waals surface area contributed by atoms with Gasteiger partial charge in [-0.05, 0) is 51.4 Å². The average molecular weight is 794 g/mol. The molecule has 0 heterocycles. The van der Waals surface area contributed by atoms with Gasteiger partial charge in [-0.3, -0.25) is 23.4 Å². The molecule has 0 saturated carbocycles. The van der Waals surface area contributed by atoms with Gasteiger partial charge in [0.05, 0.1) is 13.2 Å². The zero-order chi connectivity index (χ0) is 40.7. The van der Waals surface area contributed by atoms with Crippen LogP contribution in [0, 0.1) is 0 Å². The van der Waals surface area contributed by atoms with Crippen LogP contribution in [-0.4, -0.2) is 59.9 Å². The van der Waals surface area contributed by atoms with E-state index in [-0.39, 0.29) is 19.4 Å². The first-order valence-corrected chi connectivity index (χ1v) is 22.0. The van der Waals surface area contributed by atoms with Crippen molar-refractivity contribution in [2.24, 2.45) is 5.73 Å². The zero-order valence-corrected chi connectivity index (χ0v) is 34.6. The number of ether oxygens (including phenoxy) is 2. The average Bonchev–Trinajstić information content (AvgIpc) is 3.16. The minimum Gasteiger partial charge on any atom is -0.480 e. The number of hydrogen-bond donors (Lipinski definition) is 3. The number of nitrogens with two attached hydrogens (primary N) is 1. The fraction of sp³-hybridized carbons (Fsp3) is 0.651. The van der Waals surface area contributed by atoms with Crippen LogP contribution < -0.4 is 5.73 Å². The fourth-order valence-corrected chi connectivity index (χ4v) is 5.81. The third kappa shape index (κ3) is 37.6. The second-order valence-electron chi connectivity index (χ2n) is 13.4. The summed E-state index contributed by atoms with van der Waals surface area (Å²) in [5.41, 5.74) is 5.32. The van der Waals surface area contributed by atoms with Crippen molar-refractivity contribution in [3.8, 4) is 0 Å². The first-order chi connectivity index (χ1) is 26.6. The Morgan fingerprint density at radius 1 is 0.582 bits per heavy atom. The van der Waals surface area contributed by atoms with Crippen molar-refractivity contribution < 1.29 is 47.5 Å². The van der Waals surface area contributed by atoms with E-state index in [4.69, 9.17) is 24.8 Å². The molecule has 0 aromatic heterocycles. The Morgan fingerprint density at radius 3 is 1.49 bits per heavy atom. The Hall–Kier alpha value is -3.08. The summed E-state index contributed by atoms with van der Waals surface area (Å²) in [4.78, 5) is 45.8. The summed E-state index contributed by atoms with van der Waals surface area (Å²) < 4.78 is 32.5. The summed E-state index contributed by atoms with van der Waals surface area (Å²) in [5.74, 6) is -2.49. The molecule has 1 unspecified atom stereocenters. The van der Waals surface area contributed by atoms with Gasteiger partial charge >= 0.3 is 25.7 Å². The lowest BCUT2D eigenvalue weighted by Gasteiger charge is -2.20. The Balaban J connectivity index is 4.54. The molecule has 0 aromatic rings. The van der Waals surface area contributed by atoms with Crippen LogP contribution in [0.1, 0.15) is 149 Å². The van der Waals surface area contributed by atoms with E-state index >= 15 is 0 Å². The molecule has 0 rings (SSSR count). The normalized spacial score (nSPS) is 14.5. The number of phosphoric acid groups is 1. The van der Waals surface area contributed by atoms with Gasteiger partial charge in [0, 0.05) is 12.8 Å². The Morgan fingerprint density at radius 2 is 1.02 bits per heavy atom. The fourth-order valence-electron chi connectivity index (χ4n) is 5.03. The van der Waals surface area contributed by atoms with Crippen molar-refractivity contribution >= 4 is 25.7 Å². The summed E-state index contributed by atoms with van der Waals surface area (Å²) in [7, 11) is -4.73. The molecule has 3 atom stereocenters. The molecule has 0 bridgehead atoms. The molecule has 0 saturated heterocycles. The quantitative estimate of drug-likeness (QED) is 0.0236. The predicted octanol–water partition coefficient (Wildman–Crippen LogP) is 10.6. The number of rotatable bonds is 37. The van der Waals surface area contributed by atoms with Gasteiger partial charge in [0.2, 0.25) is 0 Å². The van der Waals surface area contributed by atoms with E-state index in [9.17, 15) is 23.8 Å². The van der Waals surface area contributed by atoms with Crippen molar-refractivity contribution in [2.75, 3.05) is 19.8 Å². The van der Waals surface area contributed by atoms with Crippen LogP contribution in [0.25, 0.3) is 0 Å². The van der Waals surface area contributed by atoms with E-state index in [0.717, 1.165) is 51.4 Å². The lowest BCUT2D eigenvalue weighted by atomic mass is 10.0. The van der Waals surface area contributed by atoms with E-state index < -0.39 is 51.1 Å². The summed E-state index contributed by atoms with van der Waals surface area (Å²) >= 11 is 0. The number of carboxylic acids is 1. The minimum atomic E-state index is -4.73. The summed E-state index contributed by atoms with van der Waals surface area (Å²) in [6, 6.07) is -1.53. The molecule has 0 aliphatic carbocycles.